The van der Waals surface area contributed by atoms with Crippen molar-refractivity contribution in [3.8, 4) is 0 Å². The molecule has 3 nitrogen and oxygen atoms in total. The fourth-order valence-corrected chi connectivity index (χ4v) is 3.91. The topological polar surface area (TPSA) is 32.7 Å². The number of halogens is 2. The number of anilines is 1. The number of aliphatic imine (C=N–C) groups is 1. The first-order valence-corrected chi connectivity index (χ1v) is 10.3. The lowest BCUT2D eigenvalue weighted by Gasteiger charge is -2.19. The Bertz CT molecular complexity index is 1130. The molecular formula is C23H16Br2N2O. The Kier molecular flexibility index (Phi) is 5.29. The lowest BCUT2D eigenvalue weighted by Crippen LogP contribution is -2.32. The van der Waals surface area contributed by atoms with Crippen molar-refractivity contribution in [3.05, 3.63) is 104 Å². The molecule has 0 aliphatic carbocycles. The number of hydrogen-bond acceptors (Lipinski definition) is 2. The summed E-state index contributed by atoms with van der Waals surface area (Å²) in [5.41, 5.74) is 4.13. The van der Waals surface area contributed by atoms with Crippen LogP contribution in [0.15, 0.2) is 92.4 Å². The van der Waals surface area contributed by atoms with Crippen LogP contribution >= 0.6 is 31.9 Å². The molecule has 4 rings (SSSR count). The minimum Gasteiger partial charge on any atom is -0.266 e. The molecule has 0 spiro atoms. The van der Waals surface area contributed by atoms with Crippen molar-refractivity contribution >= 4 is 55.4 Å². The summed E-state index contributed by atoms with van der Waals surface area (Å²) < 4.78 is 1.87. The molecule has 0 bridgehead atoms. The van der Waals surface area contributed by atoms with E-state index in [1.54, 1.807) is 4.90 Å². The van der Waals surface area contributed by atoms with Gasteiger partial charge in [-0.2, -0.15) is 0 Å². The van der Waals surface area contributed by atoms with Crippen molar-refractivity contribution in [2.75, 3.05) is 4.90 Å². The number of hydrogen-bond donors (Lipinski definition) is 0. The van der Waals surface area contributed by atoms with Gasteiger partial charge in [0.2, 0.25) is 0 Å². The van der Waals surface area contributed by atoms with Crippen LogP contribution < -0.4 is 4.90 Å². The Morgan fingerprint density at radius 1 is 0.893 bits per heavy atom. The molecule has 28 heavy (non-hydrogen) atoms. The summed E-state index contributed by atoms with van der Waals surface area (Å²) >= 11 is 6.97. The van der Waals surface area contributed by atoms with Gasteiger partial charge in [-0.1, -0.05) is 73.8 Å². The highest BCUT2D eigenvalue weighted by Gasteiger charge is 2.32. The first kappa shape index (κ1) is 18.8. The summed E-state index contributed by atoms with van der Waals surface area (Å²) in [7, 11) is 0. The fraction of sp³-hybridized carbons (Fsp3) is 0.0435. The molecule has 0 unspecified atom stereocenters. The van der Waals surface area contributed by atoms with Gasteiger partial charge in [-0.15, -0.1) is 0 Å². The highest BCUT2D eigenvalue weighted by Crippen LogP contribution is 2.30. The third kappa shape index (κ3) is 3.86. The Morgan fingerprint density at radius 3 is 2.32 bits per heavy atom. The van der Waals surface area contributed by atoms with Gasteiger partial charge in [0.05, 0.1) is 5.69 Å². The van der Waals surface area contributed by atoms with Gasteiger partial charge in [0, 0.05) is 14.5 Å². The molecule has 138 valence electrons. The van der Waals surface area contributed by atoms with E-state index in [1.165, 1.54) is 0 Å². The summed E-state index contributed by atoms with van der Waals surface area (Å²) in [5, 5.41) is 0. The summed E-state index contributed by atoms with van der Waals surface area (Å²) in [6.45, 7) is 2.03. The average molecular weight is 496 g/mol. The van der Waals surface area contributed by atoms with Gasteiger partial charge < -0.3 is 0 Å². The van der Waals surface area contributed by atoms with Crippen molar-refractivity contribution < 1.29 is 4.79 Å². The van der Waals surface area contributed by atoms with E-state index in [0.717, 1.165) is 31.3 Å². The average Bonchev–Trinajstić information content (AvgIpc) is 2.98. The molecule has 1 aliphatic heterocycles. The van der Waals surface area contributed by atoms with Crippen LogP contribution in [0, 0.1) is 6.92 Å². The number of nitrogens with zero attached hydrogens (tertiary/aromatic N) is 2. The maximum atomic E-state index is 13.3. The van der Waals surface area contributed by atoms with Crippen LogP contribution in [0.5, 0.6) is 0 Å². The molecule has 0 radical (unpaired) electrons. The maximum absolute atomic E-state index is 13.3. The molecule has 1 amide bonds. The van der Waals surface area contributed by atoms with E-state index >= 15 is 0 Å². The second-order valence-electron chi connectivity index (χ2n) is 6.51. The SMILES string of the molecule is Cc1cccc(C2=N/C(=C/c3cccc(Br)c3)C(=O)N2c2cccc(Br)c2)c1. The number of rotatable bonds is 3. The van der Waals surface area contributed by atoms with E-state index < -0.39 is 0 Å². The summed E-state index contributed by atoms with van der Waals surface area (Å²) in [5.74, 6) is 0.489. The lowest BCUT2D eigenvalue weighted by atomic mass is 10.1. The molecule has 0 aromatic heterocycles. The van der Waals surface area contributed by atoms with Gasteiger partial charge in [-0.3, -0.25) is 9.69 Å². The predicted molar refractivity (Wildman–Crippen MR) is 121 cm³/mol. The molecular weight excluding hydrogens is 480 g/mol. The number of carbonyl (C=O) groups excluding carboxylic acids is 1. The third-order valence-corrected chi connectivity index (χ3v) is 5.34. The summed E-state index contributed by atoms with van der Waals surface area (Å²) in [6.07, 6.45) is 1.82. The Morgan fingerprint density at radius 2 is 1.61 bits per heavy atom. The molecule has 0 saturated carbocycles. The van der Waals surface area contributed by atoms with Gasteiger partial charge in [0.1, 0.15) is 11.5 Å². The van der Waals surface area contributed by atoms with Gasteiger partial charge in [0.15, 0.2) is 0 Å². The number of amidine groups is 1. The summed E-state index contributed by atoms with van der Waals surface area (Å²) in [6, 6.07) is 23.5. The minimum atomic E-state index is -0.144. The largest absolute Gasteiger partial charge is 0.282 e. The monoisotopic (exact) mass is 494 g/mol. The second kappa shape index (κ2) is 7.86. The molecule has 1 aliphatic rings. The van der Waals surface area contributed by atoms with Crippen LogP contribution in [-0.4, -0.2) is 11.7 Å². The molecule has 0 N–H and O–H groups in total. The summed E-state index contributed by atoms with van der Waals surface area (Å²) in [4.78, 5) is 19.7. The van der Waals surface area contributed by atoms with Crippen molar-refractivity contribution in [1.29, 1.82) is 0 Å². The van der Waals surface area contributed by atoms with Crippen LogP contribution in [0.3, 0.4) is 0 Å². The lowest BCUT2D eigenvalue weighted by molar-refractivity contribution is -0.113. The van der Waals surface area contributed by atoms with E-state index in [4.69, 9.17) is 4.99 Å². The van der Waals surface area contributed by atoms with Gasteiger partial charge in [-0.05, 0) is 55.0 Å². The van der Waals surface area contributed by atoms with E-state index in [-0.39, 0.29) is 5.91 Å². The highest BCUT2D eigenvalue weighted by atomic mass is 79.9. The van der Waals surface area contributed by atoms with Gasteiger partial charge in [0.25, 0.3) is 5.91 Å². The molecule has 0 atom stereocenters. The van der Waals surface area contributed by atoms with Crippen LogP contribution in [0.4, 0.5) is 5.69 Å². The molecule has 5 heteroatoms. The van der Waals surface area contributed by atoms with Crippen molar-refractivity contribution in [2.24, 2.45) is 4.99 Å². The van der Waals surface area contributed by atoms with Crippen molar-refractivity contribution in [2.45, 2.75) is 6.92 Å². The Hall–Kier alpha value is -2.50. The zero-order chi connectivity index (χ0) is 19.7. The maximum Gasteiger partial charge on any atom is 0.282 e. The fourth-order valence-electron chi connectivity index (χ4n) is 3.10. The number of carbonyl (C=O) groups is 1. The zero-order valence-electron chi connectivity index (χ0n) is 15.1. The molecule has 1 heterocycles. The standard InChI is InChI=1S/C23H16Br2N2O/c1-15-5-2-7-17(11-15)22-26-21(13-16-6-3-8-18(24)12-16)23(28)27(22)20-10-4-9-19(25)14-20/h2-14H,1H3/b21-13+. The molecule has 0 saturated heterocycles. The van der Waals surface area contributed by atoms with Crippen LogP contribution in [0.25, 0.3) is 6.08 Å². The normalized spacial score (nSPS) is 15.2. The van der Waals surface area contributed by atoms with Crippen molar-refractivity contribution in [3.63, 3.8) is 0 Å². The van der Waals surface area contributed by atoms with E-state index in [2.05, 4.69) is 31.9 Å². The first-order chi connectivity index (χ1) is 13.5. The van der Waals surface area contributed by atoms with E-state index in [9.17, 15) is 4.79 Å². The van der Waals surface area contributed by atoms with E-state index in [1.807, 2.05) is 85.8 Å². The number of benzene rings is 3. The van der Waals surface area contributed by atoms with Crippen molar-refractivity contribution in [1.82, 2.24) is 0 Å². The van der Waals surface area contributed by atoms with Gasteiger partial charge in [-0.25, -0.2) is 4.99 Å². The Balaban J connectivity index is 1.85. The molecule has 3 aromatic rings. The molecule has 0 fully saturated rings. The third-order valence-electron chi connectivity index (χ3n) is 4.36. The number of aryl methyl sites for hydroxylation is 1. The van der Waals surface area contributed by atoms with Crippen LogP contribution in [0.1, 0.15) is 16.7 Å². The molecule has 3 aromatic carbocycles. The number of amides is 1. The Labute approximate surface area is 180 Å². The highest BCUT2D eigenvalue weighted by molar-refractivity contribution is 9.10. The first-order valence-electron chi connectivity index (χ1n) is 8.74. The zero-order valence-corrected chi connectivity index (χ0v) is 18.2. The van der Waals surface area contributed by atoms with Crippen LogP contribution in [-0.2, 0) is 4.79 Å². The van der Waals surface area contributed by atoms with Crippen LogP contribution in [0.2, 0.25) is 0 Å². The smallest absolute Gasteiger partial charge is 0.266 e. The van der Waals surface area contributed by atoms with E-state index in [0.29, 0.717) is 11.5 Å². The second-order valence-corrected chi connectivity index (χ2v) is 8.34. The minimum absolute atomic E-state index is 0.144. The predicted octanol–water partition coefficient (Wildman–Crippen LogP) is 6.35. The quantitative estimate of drug-likeness (QED) is 0.389. The van der Waals surface area contributed by atoms with Gasteiger partial charge >= 0.3 is 0 Å².